The first-order valence-electron chi connectivity index (χ1n) is 11.8. The summed E-state index contributed by atoms with van der Waals surface area (Å²) in [5.41, 5.74) is 1.79. The van der Waals surface area contributed by atoms with Crippen LogP contribution in [0.1, 0.15) is 49.7 Å². The van der Waals surface area contributed by atoms with Gasteiger partial charge in [-0.15, -0.1) is 0 Å². The van der Waals surface area contributed by atoms with E-state index in [9.17, 15) is 23.9 Å². The first kappa shape index (κ1) is 24.9. The van der Waals surface area contributed by atoms with E-state index in [1.165, 1.54) is 12.3 Å². The maximum atomic E-state index is 14.1. The summed E-state index contributed by atoms with van der Waals surface area (Å²) in [6.45, 7) is 2.20. The highest BCUT2D eigenvalue weighted by molar-refractivity contribution is 5.91. The Balaban J connectivity index is 1.43. The van der Waals surface area contributed by atoms with E-state index in [2.05, 4.69) is 20.6 Å². The zero-order valence-electron chi connectivity index (χ0n) is 19.8. The normalized spacial score (nSPS) is 16.8. The molecule has 2 heterocycles. The van der Waals surface area contributed by atoms with Gasteiger partial charge in [0.2, 0.25) is 11.8 Å². The first-order valence-corrected chi connectivity index (χ1v) is 11.8. The van der Waals surface area contributed by atoms with Crippen LogP contribution in [0.2, 0.25) is 0 Å². The molecule has 1 fully saturated rings. The molecule has 1 aliphatic rings. The van der Waals surface area contributed by atoms with Crippen molar-refractivity contribution in [2.45, 2.75) is 44.3 Å². The third kappa shape index (κ3) is 5.70. The molecular weight excluding hydrogens is 465 g/mol. The third-order valence-corrected chi connectivity index (χ3v) is 6.28. The monoisotopic (exact) mass is 493 g/mol. The molecule has 10 heteroatoms. The number of nitrogens with one attached hydrogen (secondary N) is 3. The largest absolute Gasteiger partial charge is 0.465 e. The van der Waals surface area contributed by atoms with Crippen LogP contribution in [0.5, 0.6) is 0 Å². The second-order valence-corrected chi connectivity index (χ2v) is 8.75. The van der Waals surface area contributed by atoms with E-state index >= 15 is 0 Å². The van der Waals surface area contributed by atoms with E-state index in [1.54, 1.807) is 30.0 Å². The van der Waals surface area contributed by atoms with Gasteiger partial charge in [-0.3, -0.25) is 9.59 Å². The number of carbonyl (C=O) groups is 3. The second kappa shape index (κ2) is 11.0. The molecule has 0 saturated carbocycles. The van der Waals surface area contributed by atoms with Crippen molar-refractivity contribution in [3.63, 3.8) is 0 Å². The average Bonchev–Trinajstić information content (AvgIpc) is 3.54. The Morgan fingerprint density at radius 1 is 1.14 bits per heavy atom. The zero-order valence-corrected chi connectivity index (χ0v) is 19.8. The van der Waals surface area contributed by atoms with Crippen LogP contribution >= 0.6 is 0 Å². The summed E-state index contributed by atoms with van der Waals surface area (Å²) < 4.78 is 14.1. The summed E-state index contributed by atoms with van der Waals surface area (Å²) >= 11 is 0. The highest BCUT2D eigenvalue weighted by Gasteiger charge is 2.33. The Hall–Kier alpha value is -4.21. The first-order chi connectivity index (χ1) is 17.3. The van der Waals surface area contributed by atoms with Crippen LogP contribution in [0, 0.1) is 5.82 Å². The van der Waals surface area contributed by atoms with E-state index in [1.807, 2.05) is 30.3 Å². The van der Waals surface area contributed by atoms with Gasteiger partial charge in [-0.25, -0.2) is 14.2 Å². The number of carboxylic acid groups (broad SMARTS) is 1. The number of H-pyrrole nitrogens is 1. The maximum Gasteiger partial charge on any atom is 0.405 e. The summed E-state index contributed by atoms with van der Waals surface area (Å²) in [4.78, 5) is 46.4. The summed E-state index contributed by atoms with van der Waals surface area (Å²) in [5.74, 6) is -1.00. The highest BCUT2D eigenvalue weighted by atomic mass is 19.1. The lowest BCUT2D eigenvalue weighted by molar-refractivity contribution is -0.135. The van der Waals surface area contributed by atoms with Crippen LogP contribution < -0.4 is 10.6 Å². The smallest absolute Gasteiger partial charge is 0.405 e. The van der Waals surface area contributed by atoms with Crippen molar-refractivity contribution in [3.05, 3.63) is 78.0 Å². The molecule has 1 aromatic heterocycles. The van der Waals surface area contributed by atoms with Gasteiger partial charge in [0.15, 0.2) is 0 Å². The van der Waals surface area contributed by atoms with Crippen LogP contribution in [0.25, 0.3) is 11.3 Å². The fraction of sp³-hybridized carbons (Fsp3) is 0.308. The van der Waals surface area contributed by atoms with E-state index in [4.69, 9.17) is 0 Å². The summed E-state index contributed by atoms with van der Waals surface area (Å²) in [7, 11) is 0. The quantitative estimate of drug-likeness (QED) is 0.380. The minimum atomic E-state index is -1.41. The average molecular weight is 494 g/mol. The van der Waals surface area contributed by atoms with Crippen LogP contribution in [-0.4, -0.2) is 50.5 Å². The molecule has 1 saturated heterocycles. The van der Waals surface area contributed by atoms with E-state index < -0.39 is 29.9 Å². The minimum absolute atomic E-state index is 0.105. The van der Waals surface area contributed by atoms with Crippen LogP contribution in [-0.2, 0) is 9.59 Å². The van der Waals surface area contributed by atoms with Gasteiger partial charge in [-0.05, 0) is 37.5 Å². The number of amides is 3. The number of carbonyl (C=O) groups excluding carboxylic acids is 2. The molecule has 3 amide bonds. The molecule has 0 bridgehead atoms. The number of aromatic amines is 1. The number of aromatic nitrogens is 2. The molecular formula is C26H28FN5O4. The molecule has 1 aliphatic heterocycles. The zero-order chi connectivity index (χ0) is 25.7. The number of halogens is 1. The number of hydrogen-bond donors (Lipinski definition) is 4. The minimum Gasteiger partial charge on any atom is -0.465 e. The summed E-state index contributed by atoms with van der Waals surface area (Å²) in [6, 6.07) is 13.8. The van der Waals surface area contributed by atoms with Crippen molar-refractivity contribution in [2.75, 3.05) is 6.54 Å². The molecule has 3 atom stereocenters. The lowest BCUT2D eigenvalue weighted by Gasteiger charge is -2.27. The van der Waals surface area contributed by atoms with Crippen molar-refractivity contribution >= 4 is 17.9 Å². The molecule has 0 radical (unpaired) electrons. The van der Waals surface area contributed by atoms with Crippen LogP contribution in [0.15, 0.2) is 60.8 Å². The second-order valence-electron chi connectivity index (χ2n) is 8.75. The van der Waals surface area contributed by atoms with Crippen LogP contribution in [0.4, 0.5) is 9.18 Å². The van der Waals surface area contributed by atoms with E-state index in [0.29, 0.717) is 23.6 Å². The van der Waals surface area contributed by atoms with E-state index in [-0.39, 0.29) is 18.4 Å². The Morgan fingerprint density at radius 2 is 1.86 bits per heavy atom. The maximum absolute atomic E-state index is 14.1. The van der Waals surface area contributed by atoms with Crippen molar-refractivity contribution in [3.8, 4) is 11.3 Å². The molecule has 3 aromatic rings. The molecule has 9 nitrogen and oxygen atoms in total. The highest BCUT2D eigenvalue weighted by Crippen LogP contribution is 2.32. The predicted molar refractivity (Wildman–Crippen MR) is 130 cm³/mol. The topological polar surface area (TPSA) is 127 Å². The number of imidazole rings is 1. The fourth-order valence-electron chi connectivity index (χ4n) is 4.49. The molecule has 36 heavy (non-hydrogen) atoms. The Morgan fingerprint density at radius 3 is 2.58 bits per heavy atom. The third-order valence-electron chi connectivity index (χ3n) is 6.28. The van der Waals surface area contributed by atoms with Crippen molar-refractivity contribution < 1.29 is 23.9 Å². The van der Waals surface area contributed by atoms with E-state index in [0.717, 1.165) is 18.4 Å². The lowest BCUT2D eigenvalue weighted by Crippen LogP contribution is -2.49. The predicted octanol–water partition coefficient (Wildman–Crippen LogP) is 3.78. The molecule has 4 N–H and O–H groups in total. The molecule has 2 aromatic carbocycles. The SMILES string of the molecule is C[C@H](NC(=O)[C@H](CC(=O)N1CCC[C@@H]1c1ccccc1)NC(=O)O)c1ncc(-c2ccccc2F)[nH]1. The number of hydrogen-bond acceptors (Lipinski definition) is 4. The van der Waals surface area contributed by atoms with Gasteiger partial charge < -0.3 is 25.6 Å². The van der Waals surface area contributed by atoms with Crippen molar-refractivity contribution in [2.24, 2.45) is 0 Å². The van der Waals surface area contributed by atoms with Gasteiger partial charge in [0.1, 0.15) is 17.7 Å². The van der Waals surface area contributed by atoms with Crippen molar-refractivity contribution in [1.29, 1.82) is 0 Å². The van der Waals surface area contributed by atoms with Gasteiger partial charge in [0, 0.05) is 12.1 Å². The molecule has 4 rings (SSSR count). The lowest BCUT2D eigenvalue weighted by atomic mass is 10.0. The van der Waals surface area contributed by atoms with Gasteiger partial charge in [0.05, 0.1) is 30.4 Å². The Labute approximate surface area is 207 Å². The standard InChI is InChI=1S/C26H28FN5O4/c1-16(24-28-15-21(30-24)18-10-5-6-11-19(18)27)29-25(34)20(31-26(35)36)14-23(33)32-13-7-12-22(32)17-8-3-2-4-9-17/h2-6,8-11,15-16,20,22,31H,7,12-14H2,1H3,(H,28,30)(H,29,34)(H,35,36)/t16-,20-,22+/m0/s1. The van der Waals surface area contributed by atoms with Gasteiger partial charge in [0.25, 0.3) is 0 Å². The molecule has 0 spiro atoms. The molecule has 0 unspecified atom stereocenters. The Kier molecular flexibility index (Phi) is 7.62. The number of rotatable bonds is 8. The number of benzene rings is 2. The van der Waals surface area contributed by atoms with Gasteiger partial charge in [-0.2, -0.15) is 0 Å². The summed E-state index contributed by atoms with van der Waals surface area (Å²) in [5, 5.41) is 14.1. The number of nitrogens with zero attached hydrogens (tertiary/aromatic N) is 2. The van der Waals surface area contributed by atoms with Crippen LogP contribution in [0.3, 0.4) is 0 Å². The number of likely N-dealkylation sites (tertiary alicyclic amines) is 1. The van der Waals surface area contributed by atoms with Crippen molar-refractivity contribution in [1.82, 2.24) is 25.5 Å². The van der Waals surface area contributed by atoms with Gasteiger partial charge in [-0.1, -0.05) is 42.5 Å². The molecule has 188 valence electrons. The fourth-order valence-corrected chi connectivity index (χ4v) is 4.49. The summed E-state index contributed by atoms with van der Waals surface area (Å²) in [6.07, 6.45) is 1.38. The molecule has 0 aliphatic carbocycles. The Bertz CT molecular complexity index is 1230. The van der Waals surface area contributed by atoms with Gasteiger partial charge >= 0.3 is 6.09 Å².